The van der Waals surface area contributed by atoms with E-state index < -0.39 is 11.0 Å². The van der Waals surface area contributed by atoms with E-state index in [1.54, 1.807) is 11.0 Å². The third kappa shape index (κ3) is 4.46. The van der Waals surface area contributed by atoms with E-state index >= 15 is 0 Å². The third-order valence-electron chi connectivity index (χ3n) is 5.30. The Morgan fingerprint density at radius 2 is 1.83 bits per heavy atom. The van der Waals surface area contributed by atoms with Crippen LogP contribution in [0.15, 0.2) is 29.6 Å². The van der Waals surface area contributed by atoms with Crippen LogP contribution >= 0.6 is 0 Å². The molecule has 1 fully saturated rings. The smallest absolute Gasteiger partial charge is 0.410 e. The lowest BCUT2D eigenvalue weighted by Crippen LogP contribution is -2.46. The molecule has 2 aliphatic heterocycles. The van der Waals surface area contributed by atoms with Crippen LogP contribution in [-0.4, -0.2) is 42.7 Å². The molecule has 0 aromatic heterocycles. The van der Waals surface area contributed by atoms with Crippen molar-refractivity contribution in [1.82, 2.24) is 4.90 Å². The number of piperidine rings is 1. The van der Waals surface area contributed by atoms with E-state index in [0.717, 1.165) is 5.69 Å². The van der Waals surface area contributed by atoms with Crippen LogP contribution in [0.4, 0.5) is 20.6 Å². The molecular weight excluding hydrogens is 375 g/mol. The molecule has 3 N–H and O–H groups in total. The molecule has 1 aromatic rings. The molecule has 1 amide bonds. The lowest BCUT2D eigenvalue weighted by Gasteiger charge is -2.41. The second-order valence-electron chi connectivity index (χ2n) is 8.75. The highest BCUT2D eigenvalue weighted by atomic mass is 19.1. The van der Waals surface area contributed by atoms with Gasteiger partial charge in [0.1, 0.15) is 17.2 Å². The molecule has 7 nitrogen and oxygen atoms in total. The van der Waals surface area contributed by atoms with Crippen molar-refractivity contribution >= 4 is 23.4 Å². The Labute approximate surface area is 170 Å². The van der Waals surface area contributed by atoms with Crippen LogP contribution in [0.1, 0.15) is 40.5 Å². The zero-order chi connectivity index (χ0) is 21.4. The molecule has 0 aliphatic carbocycles. The highest BCUT2D eigenvalue weighted by Gasteiger charge is 2.41. The van der Waals surface area contributed by atoms with E-state index in [4.69, 9.17) is 14.9 Å². The largest absolute Gasteiger partial charge is 0.481 e. The maximum absolute atomic E-state index is 13.6. The van der Waals surface area contributed by atoms with Crippen molar-refractivity contribution in [3.63, 3.8) is 0 Å². The van der Waals surface area contributed by atoms with E-state index in [2.05, 4.69) is 17.6 Å². The molecule has 0 radical (unpaired) electrons. The summed E-state index contributed by atoms with van der Waals surface area (Å²) in [6.45, 7) is 8.63. The van der Waals surface area contributed by atoms with Crippen LogP contribution in [0.5, 0.6) is 0 Å². The van der Waals surface area contributed by atoms with Gasteiger partial charge in [-0.15, -0.1) is 0 Å². The summed E-state index contributed by atoms with van der Waals surface area (Å²) >= 11 is 0. The summed E-state index contributed by atoms with van der Waals surface area (Å²) in [7, 11) is 1.46. The number of nitrogens with zero attached hydrogens (tertiary/aromatic N) is 1. The zero-order valence-electron chi connectivity index (χ0n) is 17.6. The van der Waals surface area contributed by atoms with Gasteiger partial charge in [-0.05, 0) is 51.8 Å². The molecule has 0 unspecified atom stereocenters. The number of likely N-dealkylation sites (tertiary alicyclic amines) is 1. The van der Waals surface area contributed by atoms with Gasteiger partial charge in [0, 0.05) is 18.5 Å². The first-order valence-corrected chi connectivity index (χ1v) is 9.71. The minimum absolute atomic E-state index is 0.0431. The van der Waals surface area contributed by atoms with Gasteiger partial charge in [0.05, 0.1) is 24.1 Å². The van der Waals surface area contributed by atoms with Gasteiger partial charge in [0.25, 0.3) is 0 Å². The Kier molecular flexibility index (Phi) is 5.47. The monoisotopic (exact) mass is 404 g/mol. The quantitative estimate of drug-likeness (QED) is 0.498. The molecule has 1 aromatic carbocycles. The molecule has 1 saturated heterocycles. The Bertz CT molecular complexity index is 852. The van der Waals surface area contributed by atoms with E-state index in [0.29, 0.717) is 43.0 Å². The number of benzene rings is 1. The molecule has 8 heteroatoms. The SMILES string of the molecule is COC(=N)/C(=C1\Nc2ccc(F)cc2N1)C1(C)CCN(C(=O)OC(C)(C)C)CC1. The van der Waals surface area contributed by atoms with Crippen LogP contribution in [-0.2, 0) is 9.47 Å². The van der Waals surface area contributed by atoms with E-state index in [9.17, 15) is 9.18 Å². The summed E-state index contributed by atoms with van der Waals surface area (Å²) in [5.41, 5.74) is 1.11. The normalized spacial score (nSPS) is 19.6. The summed E-state index contributed by atoms with van der Waals surface area (Å²) in [5.74, 6) is 0.326. The summed E-state index contributed by atoms with van der Waals surface area (Å²) in [4.78, 5) is 14.1. The molecular formula is C21H29FN4O3. The fourth-order valence-electron chi connectivity index (χ4n) is 3.71. The Morgan fingerprint density at radius 1 is 1.21 bits per heavy atom. The zero-order valence-corrected chi connectivity index (χ0v) is 17.6. The first kappa shape index (κ1) is 21.0. The van der Waals surface area contributed by atoms with Crippen LogP contribution in [0, 0.1) is 16.6 Å². The standard InChI is InChI=1S/C21H29FN4O3/c1-20(2,3)29-19(27)26-10-8-21(4,9-11-26)16(17(23)28-5)18-24-14-7-6-13(22)12-15(14)25-18/h6-7,12,23-25H,8-11H2,1-5H3/b18-16-,23-17?. The van der Waals surface area contributed by atoms with Gasteiger partial charge in [-0.2, -0.15) is 0 Å². The van der Waals surface area contributed by atoms with Crippen LogP contribution in [0.2, 0.25) is 0 Å². The number of rotatable bonds is 2. The van der Waals surface area contributed by atoms with Gasteiger partial charge in [-0.1, -0.05) is 6.92 Å². The second-order valence-corrected chi connectivity index (χ2v) is 8.75. The van der Waals surface area contributed by atoms with Crippen molar-refractivity contribution in [1.29, 1.82) is 5.41 Å². The van der Waals surface area contributed by atoms with Crippen LogP contribution < -0.4 is 10.6 Å². The molecule has 0 atom stereocenters. The van der Waals surface area contributed by atoms with E-state index in [-0.39, 0.29) is 17.8 Å². The summed E-state index contributed by atoms with van der Waals surface area (Å²) in [5, 5.41) is 14.8. The summed E-state index contributed by atoms with van der Waals surface area (Å²) < 4.78 is 24.3. The average molecular weight is 404 g/mol. The van der Waals surface area contributed by atoms with Gasteiger partial charge in [0.2, 0.25) is 5.90 Å². The second kappa shape index (κ2) is 7.57. The maximum Gasteiger partial charge on any atom is 0.410 e. The number of hydrogen-bond donors (Lipinski definition) is 3. The third-order valence-corrected chi connectivity index (χ3v) is 5.30. The molecule has 3 rings (SSSR count). The number of ether oxygens (including phenoxy) is 2. The predicted octanol–water partition coefficient (Wildman–Crippen LogP) is 4.54. The molecule has 0 bridgehead atoms. The minimum atomic E-state index is -0.540. The first-order valence-electron chi connectivity index (χ1n) is 9.71. The van der Waals surface area contributed by atoms with Crippen molar-refractivity contribution in [2.24, 2.45) is 5.41 Å². The Hall–Kier alpha value is -2.77. The number of fused-ring (bicyclic) bond motifs is 1. The topological polar surface area (TPSA) is 86.7 Å². The lowest BCUT2D eigenvalue weighted by molar-refractivity contribution is 0.0150. The fraction of sp³-hybridized carbons (Fsp3) is 0.524. The molecule has 29 heavy (non-hydrogen) atoms. The Morgan fingerprint density at radius 3 is 2.41 bits per heavy atom. The van der Waals surface area contributed by atoms with Crippen molar-refractivity contribution in [3.05, 3.63) is 35.4 Å². The van der Waals surface area contributed by atoms with E-state index in [1.807, 2.05) is 20.8 Å². The molecule has 158 valence electrons. The van der Waals surface area contributed by atoms with Crippen LogP contribution in [0.25, 0.3) is 0 Å². The van der Waals surface area contributed by atoms with Gasteiger partial charge in [0.15, 0.2) is 0 Å². The highest BCUT2D eigenvalue weighted by molar-refractivity contribution is 5.96. The number of methoxy groups -OCH3 is 1. The minimum Gasteiger partial charge on any atom is -0.481 e. The molecule has 2 heterocycles. The number of halogens is 1. The lowest BCUT2D eigenvalue weighted by atomic mass is 9.73. The number of hydrogen-bond acceptors (Lipinski definition) is 6. The summed E-state index contributed by atoms with van der Waals surface area (Å²) in [6.07, 6.45) is 0.964. The van der Waals surface area contributed by atoms with Crippen molar-refractivity contribution in [2.45, 2.75) is 46.1 Å². The first-order chi connectivity index (χ1) is 13.5. The summed E-state index contributed by atoms with van der Waals surface area (Å²) in [6, 6.07) is 4.46. The number of carbonyl (C=O) groups is 1. The van der Waals surface area contributed by atoms with E-state index in [1.165, 1.54) is 19.2 Å². The number of amides is 1. The maximum atomic E-state index is 13.6. The number of carbonyl (C=O) groups excluding carboxylic acids is 1. The average Bonchev–Trinajstić information content (AvgIpc) is 3.02. The van der Waals surface area contributed by atoms with Crippen molar-refractivity contribution in [3.8, 4) is 0 Å². The van der Waals surface area contributed by atoms with Gasteiger partial charge < -0.3 is 25.0 Å². The van der Waals surface area contributed by atoms with Crippen molar-refractivity contribution in [2.75, 3.05) is 30.8 Å². The Balaban J connectivity index is 1.82. The van der Waals surface area contributed by atoms with Crippen molar-refractivity contribution < 1.29 is 18.7 Å². The van der Waals surface area contributed by atoms with Gasteiger partial charge >= 0.3 is 6.09 Å². The molecule has 0 spiro atoms. The van der Waals surface area contributed by atoms with Crippen LogP contribution in [0.3, 0.4) is 0 Å². The highest BCUT2D eigenvalue weighted by Crippen LogP contribution is 2.43. The van der Waals surface area contributed by atoms with Gasteiger partial charge in [-0.25, -0.2) is 9.18 Å². The molecule has 2 aliphatic rings. The van der Waals surface area contributed by atoms with Gasteiger partial charge in [-0.3, -0.25) is 5.41 Å². The molecule has 0 saturated carbocycles. The predicted molar refractivity (Wildman–Crippen MR) is 111 cm³/mol. The number of anilines is 2. The number of nitrogens with one attached hydrogen (secondary N) is 3. The fourth-order valence-corrected chi connectivity index (χ4v) is 3.71.